The summed E-state index contributed by atoms with van der Waals surface area (Å²) in [6.45, 7) is -0.220. The van der Waals surface area contributed by atoms with E-state index in [1.807, 2.05) is 47.9 Å². The molecule has 228 valence electrons. The number of nitrogens with zero attached hydrogens (tertiary/aromatic N) is 1. The van der Waals surface area contributed by atoms with E-state index in [0.717, 1.165) is 36.6 Å². The van der Waals surface area contributed by atoms with E-state index in [1.165, 1.54) is 6.07 Å². The SMILES string of the molecule is NC(=O)C[C@H](NC(=O)c1ccc2ccccc2n1)C(=O)NOC(=O)NC[C@@H](O)C(Cc1ccccc1)NOC1CCCC1. The van der Waals surface area contributed by atoms with Gasteiger partial charge in [-0.3, -0.25) is 19.2 Å². The van der Waals surface area contributed by atoms with Crippen LogP contribution in [0.2, 0.25) is 0 Å². The van der Waals surface area contributed by atoms with Crippen molar-refractivity contribution in [2.24, 2.45) is 5.73 Å². The van der Waals surface area contributed by atoms with Crippen molar-refractivity contribution >= 4 is 34.7 Å². The third-order valence-electron chi connectivity index (χ3n) is 7.01. The third kappa shape index (κ3) is 9.74. The number of hydrogen-bond donors (Lipinski definition) is 6. The largest absolute Gasteiger partial charge is 0.431 e. The lowest BCUT2D eigenvalue weighted by atomic mass is 10.0. The Morgan fingerprint density at radius 3 is 2.44 bits per heavy atom. The first-order valence-corrected chi connectivity index (χ1v) is 14.1. The number of benzene rings is 2. The first-order valence-electron chi connectivity index (χ1n) is 14.1. The fourth-order valence-corrected chi connectivity index (χ4v) is 4.68. The van der Waals surface area contributed by atoms with Crippen molar-refractivity contribution in [3.63, 3.8) is 0 Å². The zero-order valence-electron chi connectivity index (χ0n) is 23.5. The van der Waals surface area contributed by atoms with Crippen molar-refractivity contribution in [2.45, 2.75) is 62.8 Å². The van der Waals surface area contributed by atoms with Gasteiger partial charge in [0.25, 0.3) is 11.8 Å². The highest BCUT2D eigenvalue weighted by atomic mass is 16.7. The van der Waals surface area contributed by atoms with Gasteiger partial charge < -0.3 is 26.3 Å². The molecule has 0 spiro atoms. The molecule has 0 bridgehead atoms. The number of aromatic nitrogens is 1. The Hall–Kier alpha value is -4.59. The van der Waals surface area contributed by atoms with Crippen LogP contribution in [0, 0.1) is 0 Å². The van der Waals surface area contributed by atoms with Gasteiger partial charge >= 0.3 is 6.09 Å². The average Bonchev–Trinajstić information content (AvgIpc) is 3.54. The number of aliphatic hydroxyl groups is 1. The van der Waals surface area contributed by atoms with Gasteiger partial charge in [0, 0.05) is 11.9 Å². The number of aliphatic hydroxyl groups excluding tert-OH is 1. The molecule has 7 N–H and O–H groups in total. The van der Waals surface area contributed by atoms with Crippen molar-refractivity contribution in [2.75, 3.05) is 6.54 Å². The van der Waals surface area contributed by atoms with Gasteiger partial charge in [0.05, 0.1) is 30.2 Å². The molecule has 13 nitrogen and oxygen atoms in total. The topological polar surface area (TPSA) is 194 Å². The monoisotopic (exact) mass is 592 g/mol. The molecule has 1 heterocycles. The van der Waals surface area contributed by atoms with Crippen molar-refractivity contribution < 1.29 is 34.0 Å². The molecule has 1 aliphatic rings. The lowest BCUT2D eigenvalue weighted by Crippen LogP contribution is -2.51. The second-order valence-corrected chi connectivity index (χ2v) is 10.3. The molecule has 13 heteroatoms. The Kier molecular flexibility index (Phi) is 11.4. The number of hydrogen-bond acceptors (Lipinski definition) is 9. The molecule has 1 aliphatic carbocycles. The van der Waals surface area contributed by atoms with Gasteiger partial charge in [-0.25, -0.2) is 9.78 Å². The van der Waals surface area contributed by atoms with Crippen LogP contribution in [-0.2, 0) is 25.7 Å². The number of nitrogens with one attached hydrogen (secondary N) is 4. The number of fused-ring (bicyclic) bond motifs is 1. The van der Waals surface area contributed by atoms with Crippen LogP contribution in [0.15, 0.2) is 66.7 Å². The Morgan fingerprint density at radius 1 is 0.977 bits per heavy atom. The molecule has 4 rings (SSSR count). The molecule has 1 fully saturated rings. The normalized spacial score (nSPS) is 15.3. The zero-order valence-corrected chi connectivity index (χ0v) is 23.5. The number of pyridine rings is 1. The van der Waals surface area contributed by atoms with Crippen LogP contribution in [0.1, 0.15) is 48.2 Å². The van der Waals surface area contributed by atoms with Crippen LogP contribution in [0.4, 0.5) is 4.79 Å². The van der Waals surface area contributed by atoms with Gasteiger partial charge in [0.2, 0.25) is 5.91 Å². The number of primary amides is 1. The third-order valence-corrected chi connectivity index (χ3v) is 7.01. The van der Waals surface area contributed by atoms with Crippen molar-refractivity contribution in [1.29, 1.82) is 0 Å². The molecule has 1 unspecified atom stereocenters. The molecule has 1 saturated carbocycles. The number of hydroxylamine groups is 2. The number of amides is 4. The molecule has 2 aromatic carbocycles. The van der Waals surface area contributed by atoms with Crippen LogP contribution in [0.25, 0.3) is 10.9 Å². The maximum Gasteiger partial charge on any atom is 0.431 e. The van der Waals surface area contributed by atoms with Crippen molar-refractivity contribution in [3.8, 4) is 0 Å². The molecule has 0 radical (unpaired) electrons. The van der Waals surface area contributed by atoms with Crippen LogP contribution in [-0.4, -0.2) is 64.7 Å². The fraction of sp³-hybridized carbons (Fsp3) is 0.367. The second-order valence-electron chi connectivity index (χ2n) is 10.3. The van der Waals surface area contributed by atoms with E-state index < -0.39 is 48.4 Å². The summed E-state index contributed by atoms with van der Waals surface area (Å²) in [4.78, 5) is 64.2. The molecule has 3 atom stereocenters. The molecule has 3 aromatic rings. The van der Waals surface area contributed by atoms with Crippen molar-refractivity contribution in [3.05, 3.63) is 78.0 Å². The summed E-state index contributed by atoms with van der Waals surface area (Å²) < 4.78 is 0. The maximum atomic E-state index is 12.8. The van der Waals surface area contributed by atoms with Crippen molar-refractivity contribution in [1.82, 2.24) is 26.6 Å². The summed E-state index contributed by atoms with van der Waals surface area (Å²) in [7, 11) is 0. The van der Waals surface area contributed by atoms with E-state index in [0.29, 0.717) is 11.9 Å². The van der Waals surface area contributed by atoms with E-state index in [4.69, 9.17) is 15.4 Å². The van der Waals surface area contributed by atoms with E-state index in [2.05, 4.69) is 21.1 Å². The smallest absolute Gasteiger partial charge is 0.390 e. The Balaban J connectivity index is 1.28. The standard InChI is InChI=1S/C30H36N6O7/c31-27(38)17-25(34-28(39)23-15-14-20-10-4-7-13-22(20)33-23)29(40)36-43-30(41)32-18-26(37)24(16-19-8-2-1-3-9-19)35-42-21-11-5-6-12-21/h1-4,7-10,13-15,21,24-26,35,37H,5-6,11-12,16-18H2,(H2,31,38)(H,32,41)(H,34,39)(H,36,40)/t24?,25-,26+/m0/s1. The summed E-state index contributed by atoms with van der Waals surface area (Å²) in [6.07, 6.45) is 1.84. The Bertz CT molecular complexity index is 1400. The molecule has 43 heavy (non-hydrogen) atoms. The summed E-state index contributed by atoms with van der Waals surface area (Å²) in [5, 5.41) is 16.4. The molecular formula is C30H36N6O7. The molecule has 1 aromatic heterocycles. The van der Waals surface area contributed by atoms with Crippen LogP contribution in [0.3, 0.4) is 0 Å². The van der Waals surface area contributed by atoms with Gasteiger partial charge in [0.15, 0.2) is 0 Å². The predicted molar refractivity (Wildman–Crippen MR) is 156 cm³/mol. The summed E-state index contributed by atoms with van der Waals surface area (Å²) in [5.74, 6) is -2.58. The summed E-state index contributed by atoms with van der Waals surface area (Å²) in [6, 6.07) is 17.9. The summed E-state index contributed by atoms with van der Waals surface area (Å²) >= 11 is 0. The van der Waals surface area contributed by atoms with E-state index in [1.54, 1.807) is 18.2 Å². The highest BCUT2D eigenvalue weighted by Gasteiger charge is 2.27. The fourth-order valence-electron chi connectivity index (χ4n) is 4.68. The highest BCUT2D eigenvalue weighted by molar-refractivity contribution is 5.99. The highest BCUT2D eigenvalue weighted by Crippen LogP contribution is 2.20. The number of para-hydroxylation sites is 1. The van der Waals surface area contributed by atoms with Gasteiger partial charge in [-0.15, -0.1) is 0 Å². The number of rotatable bonds is 13. The maximum absolute atomic E-state index is 12.8. The van der Waals surface area contributed by atoms with Crippen LogP contribution < -0.4 is 27.3 Å². The first kappa shape index (κ1) is 31.3. The summed E-state index contributed by atoms with van der Waals surface area (Å²) in [5.41, 5.74) is 11.7. The molecular weight excluding hydrogens is 556 g/mol. The molecule has 0 saturated heterocycles. The lowest BCUT2D eigenvalue weighted by Gasteiger charge is -2.26. The minimum Gasteiger partial charge on any atom is -0.390 e. The zero-order chi connectivity index (χ0) is 30.6. The van der Waals surface area contributed by atoms with Crippen LogP contribution in [0.5, 0.6) is 0 Å². The molecule has 4 amide bonds. The number of carbonyl (C=O) groups is 4. The lowest BCUT2D eigenvalue weighted by molar-refractivity contribution is -0.133. The van der Waals surface area contributed by atoms with Gasteiger partial charge in [-0.05, 0) is 37.0 Å². The van der Waals surface area contributed by atoms with Gasteiger partial charge in [0.1, 0.15) is 11.7 Å². The number of carbonyl (C=O) groups excluding carboxylic acids is 4. The quantitative estimate of drug-likeness (QED) is 0.159. The Morgan fingerprint density at radius 2 is 1.70 bits per heavy atom. The van der Waals surface area contributed by atoms with E-state index in [9.17, 15) is 24.3 Å². The number of nitrogens with two attached hydrogens (primary N) is 1. The van der Waals surface area contributed by atoms with Crippen LogP contribution >= 0.6 is 0 Å². The average molecular weight is 593 g/mol. The van der Waals surface area contributed by atoms with Gasteiger partial charge in [-0.2, -0.15) is 11.0 Å². The second kappa shape index (κ2) is 15.6. The first-order chi connectivity index (χ1) is 20.8. The minimum absolute atomic E-state index is 0.0178. The Labute approximate surface area is 248 Å². The minimum atomic E-state index is -1.44. The van der Waals surface area contributed by atoms with Gasteiger partial charge in [-0.1, -0.05) is 67.4 Å². The predicted octanol–water partition coefficient (Wildman–Crippen LogP) is 1.40. The van der Waals surface area contributed by atoms with E-state index >= 15 is 0 Å². The van der Waals surface area contributed by atoms with E-state index in [-0.39, 0.29) is 18.3 Å². The molecule has 0 aliphatic heterocycles.